The summed E-state index contributed by atoms with van der Waals surface area (Å²) < 4.78 is 5.60. The second-order valence-electron chi connectivity index (χ2n) is 7.07. The molecule has 0 aromatic rings. The number of allylic oxidation sites excluding steroid dienone is 1. The minimum Gasteiger partial charge on any atom is -0.461 e. The fraction of sp³-hybridized carbons (Fsp3) is 0.737. The zero-order chi connectivity index (χ0) is 17.9. The molecule has 5 nitrogen and oxygen atoms in total. The number of aliphatic hydroxyl groups is 2. The third-order valence-electron chi connectivity index (χ3n) is 5.41. The van der Waals surface area contributed by atoms with Crippen LogP contribution in [-0.4, -0.2) is 59.0 Å². The number of aliphatic hydroxyl groups excluding tert-OH is 2. The molecule has 0 saturated carbocycles. The minimum atomic E-state index is -0.718. The van der Waals surface area contributed by atoms with Gasteiger partial charge in [0.15, 0.2) is 0 Å². The molecule has 0 aromatic heterocycles. The fourth-order valence-electron chi connectivity index (χ4n) is 3.77. The molecule has 0 bridgehead atoms. The number of esters is 1. The molecule has 2 unspecified atom stereocenters. The molecule has 1 heterocycles. The number of fused-ring (bicyclic) bond motifs is 1. The first-order valence-electron chi connectivity index (χ1n) is 9.01. The quantitative estimate of drug-likeness (QED) is 0.606. The van der Waals surface area contributed by atoms with Crippen LogP contribution in [0.3, 0.4) is 0 Å². The average Bonchev–Trinajstić information content (AvgIpc) is 2.84. The maximum absolute atomic E-state index is 12.4. The van der Waals surface area contributed by atoms with Gasteiger partial charge < -0.3 is 19.8 Å². The second-order valence-corrected chi connectivity index (χ2v) is 7.07. The van der Waals surface area contributed by atoms with E-state index in [1.54, 1.807) is 0 Å². The van der Waals surface area contributed by atoms with Crippen LogP contribution < -0.4 is 0 Å². The van der Waals surface area contributed by atoms with Crippen molar-refractivity contribution < 1.29 is 19.7 Å². The lowest BCUT2D eigenvalue weighted by atomic mass is 9.80. The monoisotopic (exact) mass is 337 g/mol. The Labute approximate surface area is 145 Å². The van der Waals surface area contributed by atoms with Gasteiger partial charge in [-0.3, -0.25) is 4.79 Å². The van der Waals surface area contributed by atoms with E-state index in [-0.39, 0.29) is 17.8 Å². The molecule has 0 spiro atoms. The third-order valence-corrected chi connectivity index (χ3v) is 5.41. The number of nitrogens with zero attached hydrogens (tertiary/aromatic N) is 1. The van der Waals surface area contributed by atoms with Crippen LogP contribution in [-0.2, 0) is 9.53 Å². The highest BCUT2D eigenvalue weighted by Gasteiger charge is 2.48. The predicted octanol–water partition coefficient (Wildman–Crippen LogP) is 1.89. The Kier molecular flexibility index (Phi) is 6.61. The highest BCUT2D eigenvalue weighted by molar-refractivity contribution is 5.76. The first-order chi connectivity index (χ1) is 11.4. The summed E-state index contributed by atoms with van der Waals surface area (Å²) in [5.74, 6) is -0.892. The molecule has 136 valence electrons. The van der Waals surface area contributed by atoms with E-state index in [1.807, 2.05) is 13.0 Å². The molecule has 0 aromatic carbocycles. The lowest BCUT2D eigenvalue weighted by Crippen LogP contribution is -2.40. The maximum Gasteiger partial charge on any atom is 0.311 e. The fourth-order valence-corrected chi connectivity index (χ4v) is 3.77. The molecule has 1 aliphatic heterocycles. The van der Waals surface area contributed by atoms with Gasteiger partial charge in [0, 0.05) is 18.9 Å². The van der Waals surface area contributed by atoms with E-state index < -0.39 is 18.3 Å². The largest absolute Gasteiger partial charge is 0.461 e. The summed E-state index contributed by atoms with van der Waals surface area (Å²) >= 11 is 0. The SMILES string of the molecule is C=C1C[C@@H]2OC(=O)C(CN(CC)CC)C2[C@H](O)/C=C(\C)CC[C@@H]1O. The molecule has 1 aliphatic carbocycles. The molecular formula is C19H31NO4. The topological polar surface area (TPSA) is 70.0 Å². The molecule has 2 aliphatic rings. The highest BCUT2D eigenvalue weighted by atomic mass is 16.6. The lowest BCUT2D eigenvalue weighted by molar-refractivity contribution is -0.144. The van der Waals surface area contributed by atoms with Gasteiger partial charge in [-0.25, -0.2) is 0 Å². The van der Waals surface area contributed by atoms with Crippen LogP contribution in [0, 0.1) is 11.8 Å². The molecule has 24 heavy (non-hydrogen) atoms. The third kappa shape index (κ3) is 4.26. The van der Waals surface area contributed by atoms with E-state index in [0.717, 1.165) is 18.7 Å². The Bertz CT molecular complexity index is 498. The van der Waals surface area contributed by atoms with Gasteiger partial charge in [-0.15, -0.1) is 0 Å². The van der Waals surface area contributed by atoms with Crippen molar-refractivity contribution in [2.75, 3.05) is 19.6 Å². The van der Waals surface area contributed by atoms with Gasteiger partial charge in [-0.05, 0) is 38.4 Å². The summed E-state index contributed by atoms with van der Waals surface area (Å²) in [6.45, 7) is 12.3. The smallest absolute Gasteiger partial charge is 0.311 e. The number of hydrogen-bond acceptors (Lipinski definition) is 5. The van der Waals surface area contributed by atoms with Crippen molar-refractivity contribution in [3.8, 4) is 0 Å². The highest BCUT2D eigenvalue weighted by Crippen LogP contribution is 2.37. The van der Waals surface area contributed by atoms with E-state index in [1.165, 1.54) is 0 Å². The Hall–Kier alpha value is -1.17. The number of hydrogen-bond donors (Lipinski definition) is 2. The molecular weight excluding hydrogens is 306 g/mol. The van der Waals surface area contributed by atoms with Gasteiger partial charge in [0.1, 0.15) is 6.10 Å². The van der Waals surface area contributed by atoms with Crippen molar-refractivity contribution in [3.05, 3.63) is 23.8 Å². The minimum absolute atomic E-state index is 0.247. The summed E-state index contributed by atoms with van der Waals surface area (Å²) in [7, 11) is 0. The van der Waals surface area contributed by atoms with Crippen molar-refractivity contribution in [1.29, 1.82) is 0 Å². The Morgan fingerprint density at radius 2 is 2.00 bits per heavy atom. The first-order valence-corrected chi connectivity index (χ1v) is 9.01. The molecule has 0 amide bonds. The summed E-state index contributed by atoms with van der Waals surface area (Å²) in [5.41, 5.74) is 1.71. The number of carbonyl (C=O) groups is 1. The Balaban J connectivity index is 2.29. The number of ether oxygens (including phenoxy) is 1. The van der Waals surface area contributed by atoms with Gasteiger partial charge >= 0.3 is 5.97 Å². The van der Waals surface area contributed by atoms with Gasteiger partial charge in [-0.2, -0.15) is 0 Å². The van der Waals surface area contributed by atoms with Crippen LogP contribution in [0.4, 0.5) is 0 Å². The lowest BCUT2D eigenvalue weighted by Gasteiger charge is -2.29. The van der Waals surface area contributed by atoms with Crippen LogP contribution >= 0.6 is 0 Å². The zero-order valence-corrected chi connectivity index (χ0v) is 15.1. The zero-order valence-electron chi connectivity index (χ0n) is 15.1. The normalized spacial score (nSPS) is 36.9. The van der Waals surface area contributed by atoms with Gasteiger partial charge in [-0.1, -0.05) is 32.1 Å². The standard InChI is InChI=1S/C19H31NO4/c1-5-20(6-2)11-14-18-16(22)9-12(3)7-8-15(21)13(4)10-17(18)24-19(14)23/h9,14-18,21-22H,4-8,10-11H2,1-3H3/b12-9+/t14?,15-,16+,17-,18?/m0/s1. The summed E-state index contributed by atoms with van der Waals surface area (Å²) in [4.78, 5) is 14.6. The molecule has 0 radical (unpaired) electrons. The van der Waals surface area contributed by atoms with Crippen molar-refractivity contribution in [3.63, 3.8) is 0 Å². The maximum atomic E-state index is 12.4. The van der Waals surface area contributed by atoms with Crippen LogP contribution in [0.2, 0.25) is 0 Å². The first kappa shape index (κ1) is 19.2. The van der Waals surface area contributed by atoms with E-state index in [2.05, 4.69) is 25.3 Å². The number of rotatable bonds is 4. The van der Waals surface area contributed by atoms with Gasteiger partial charge in [0.05, 0.1) is 18.1 Å². The van der Waals surface area contributed by atoms with Gasteiger partial charge in [0.25, 0.3) is 0 Å². The second kappa shape index (κ2) is 8.28. The van der Waals surface area contributed by atoms with E-state index >= 15 is 0 Å². The summed E-state index contributed by atoms with van der Waals surface area (Å²) in [6, 6.07) is 0. The Morgan fingerprint density at radius 3 is 2.62 bits per heavy atom. The molecule has 1 fully saturated rings. The molecule has 2 rings (SSSR count). The van der Waals surface area contributed by atoms with Crippen LogP contribution in [0.15, 0.2) is 23.8 Å². The van der Waals surface area contributed by atoms with Gasteiger partial charge in [0.2, 0.25) is 0 Å². The average molecular weight is 337 g/mol. The van der Waals surface area contributed by atoms with Crippen LogP contribution in [0.5, 0.6) is 0 Å². The summed E-state index contributed by atoms with van der Waals surface area (Å²) in [6.07, 6.45) is 1.81. The molecule has 1 saturated heterocycles. The van der Waals surface area contributed by atoms with Crippen molar-refractivity contribution >= 4 is 5.97 Å². The van der Waals surface area contributed by atoms with Crippen LogP contribution in [0.1, 0.15) is 40.0 Å². The van der Waals surface area contributed by atoms with Crippen LogP contribution in [0.25, 0.3) is 0 Å². The van der Waals surface area contributed by atoms with E-state index in [4.69, 9.17) is 4.74 Å². The van der Waals surface area contributed by atoms with E-state index in [0.29, 0.717) is 31.4 Å². The van der Waals surface area contributed by atoms with E-state index in [9.17, 15) is 15.0 Å². The number of carbonyl (C=O) groups excluding carboxylic acids is 1. The predicted molar refractivity (Wildman–Crippen MR) is 93.4 cm³/mol. The van der Waals surface area contributed by atoms with Crippen molar-refractivity contribution in [2.24, 2.45) is 11.8 Å². The molecule has 2 N–H and O–H groups in total. The van der Waals surface area contributed by atoms with Crippen molar-refractivity contribution in [2.45, 2.75) is 58.3 Å². The van der Waals surface area contributed by atoms with Crippen molar-refractivity contribution in [1.82, 2.24) is 4.90 Å². The Morgan fingerprint density at radius 1 is 1.33 bits per heavy atom. The molecule has 5 heteroatoms. The summed E-state index contributed by atoms with van der Waals surface area (Å²) in [5, 5.41) is 21.0. The molecule has 5 atom stereocenters.